The fourth-order valence-corrected chi connectivity index (χ4v) is 2.82. The van der Waals surface area contributed by atoms with E-state index in [4.69, 9.17) is 5.11 Å². The summed E-state index contributed by atoms with van der Waals surface area (Å²) in [6, 6.07) is 4.38. The molecule has 1 fully saturated rings. The third-order valence-corrected chi connectivity index (χ3v) is 4.16. The van der Waals surface area contributed by atoms with Crippen LogP contribution in [0.3, 0.4) is 0 Å². The van der Waals surface area contributed by atoms with Crippen LogP contribution in [0.25, 0.3) is 0 Å². The minimum absolute atomic E-state index is 0.165. The number of carboxylic acids is 1. The maximum absolute atomic E-state index is 12.4. The van der Waals surface area contributed by atoms with Crippen molar-refractivity contribution >= 4 is 23.7 Å². The van der Waals surface area contributed by atoms with E-state index in [0.717, 1.165) is 4.90 Å². The second kappa shape index (κ2) is 4.94. The molecule has 7 heteroatoms. The molecule has 0 radical (unpaired) electrons. The van der Waals surface area contributed by atoms with E-state index in [-0.39, 0.29) is 29.5 Å². The molecule has 7 nitrogen and oxygen atoms in total. The molecule has 1 atom stereocenters. The highest BCUT2D eigenvalue weighted by Gasteiger charge is 2.35. The lowest BCUT2D eigenvalue weighted by atomic mass is 10.0. The van der Waals surface area contributed by atoms with Crippen molar-refractivity contribution in [2.45, 2.75) is 6.42 Å². The summed E-state index contributed by atoms with van der Waals surface area (Å²) in [5.41, 5.74) is 0.794. The second-order valence-electron chi connectivity index (χ2n) is 5.50. The van der Waals surface area contributed by atoms with E-state index >= 15 is 0 Å². The molecule has 1 aromatic rings. The SMILES string of the molecule is CN1C(=O)c2ccc(C(=O)N3CCC(C(=O)O)C3)cc2C1=O. The minimum Gasteiger partial charge on any atom is -0.481 e. The average Bonchev–Trinajstić information content (AvgIpc) is 3.08. The maximum atomic E-state index is 12.4. The van der Waals surface area contributed by atoms with Crippen LogP contribution in [0.4, 0.5) is 0 Å². The van der Waals surface area contributed by atoms with Crippen LogP contribution in [-0.4, -0.2) is 58.7 Å². The molecule has 1 saturated heterocycles. The molecule has 1 N–H and O–H groups in total. The summed E-state index contributed by atoms with van der Waals surface area (Å²) in [6.07, 6.45) is 0.423. The van der Waals surface area contributed by atoms with Gasteiger partial charge in [0.2, 0.25) is 0 Å². The largest absolute Gasteiger partial charge is 0.481 e. The van der Waals surface area contributed by atoms with E-state index in [1.807, 2.05) is 0 Å². The number of rotatable bonds is 2. The smallest absolute Gasteiger partial charge is 0.308 e. The van der Waals surface area contributed by atoms with Crippen molar-refractivity contribution < 1.29 is 24.3 Å². The van der Waals surface area contributed by atoms with Crippen molar-refractivity contribution in [1.29, 1.82) is 0 Å². The molecule has 0 aliphatic carbocycles. The summed E-state index contributed by atoms with van der Waals surface area (Å²) in [4.78, 5) is 49.6. The predicted molar refractivity (Wildman–Crippen MR) is 74.5 cm³/mol. The summed E-state index contributed by atoms with van der Waals surface area (Å²) in [5.74, 6) is -2.59. The van der Waals surface area contributed by atoms with Crippen LogP contribution in [0.15, 0.2) is 18.2 Å². The van der Waals surface area contributed by atoms with Gasteiger partial charge < -0.3 is 10.0 Å². The highest BCUT2D eigenvalue weighted by atomic mass is 16.4. The molecule has 0 saturated carbocycles. The van der Waals surface area contributed by atoms with Gasteiger partial charge >= 0.3 is 5.97 Å². The normalized spacial score (nSPS) is 20.5. The molecule has 0 bridgehead atoms. The number of carboxylic acid groups (broad SMARTS) is 1. The molecule has 2 aliphatic heterocycles. The van der Waals surface area contributed by atoms with Gasteiger partial charge in [0.15, 0.2) is 0 Å². The Hall–Kier alpha value is -2.70. The van der Waals surface area contributed by atoms with Gasteiger partial charge in [-0.2, -0.15) is 0 Å². The van der Waals surface area contributed by atoms with Crippen LogP contribution in [0, 0.1) is 5.92 Å². The minimum atomic E-state index is -0.911. The summed E-state index contributed by atoms with van der Waals surface area (Å²) in [7, 11) is 1.39. The monoisotopic (exact) mass is 302 g/mol. The van der Waals surface area contributed by atoms with Crippen LogP contribution in [0.5, 0.6) is 0 Å². The van der Waals surface area contributed by atoms with Gasteiger partial charge in [0, 0.05) is 25.7 Å². The van der Waals surface area contributed by atoms with E-state index in [2.05, 4.69) is 0 Å². The fourth-order valence-electron chi connectivity index (χ4n) is 2.82. The molecule has 3 amide bonds. The van der Waals surface area contributed by atoms with Crippen LogP contribution in [0.2, 0.25) is 0 Å². The van der Waals surface area contributed by atoms with E-state index in [1.54, 1.807) is 0 Å². The first-order valence-electron chi connectivity index (χ1n) is 6.88. The van der Waals surface area contributed by atoms with Gasteiger partial charge in [-0.1, -0.05) is 0 Å². The molecule has 22 heavy (non-hydrogen) atoms. The molecule has 114 valence electrons. The highest BCUT2D eigenvalue weighted by molar-refractivity contribution is 6.21. The van der Waals surface area contributed by atoms with Gasteiger partial charge in [-0.3, -0.25) is 24.1 Å². The van der Waals surface area contributed by atoms with E-state index in [0.29, 0.717) is 18.5 Å². The van der Waals surface area contributed by atoms with Gasteiger partial charge in [0.1, 0.15) is 0 Å². The Balaban J connectivity index is 1.86. The topological polar surface area (TPSA) is 95.0 Å². The standard InChI is InChI=1S/C15H14N2O5/c1-16-13(19)10-3-2-8(6-11(10)14(16)20)12(18)17-5-4-9(7-17)15(21)22/h2-3,6,9H,4-5,7H2,1H3,(H,21,22). The number of amides is 3. The lowest BCUT2D eigenvalue weighted by Crippen LogP contribution is -2.30. The zero-order valence-electron chi connectivity index (χ0n) is 11.9. The van der Waals surface area contributed by atoms with Crippen molar-refractivity contribution in [2.24, 2.45) is 5.92 Å². The molecular formula is C15H14N2O5. The number of benzene rings is 1. The Morgan fingerprint density at radius 3 is 2.50 bits per heavy atom. The van der Waals surface area contributed by atoms with E-state index in [1.165, 1.54) is 30.1 Å². The number of aliphatic carboxylic acids is 1. The molecule has 0 aromatic heterocycles. The maximum Gasteiger partial charge on any atom is 0.308 e. The average molecular weight is 302 g/mol. The van der Waals surface area contributed by atoms with Gasteiger partial charge in [0.05, 0.1) is 17.0 Å². The number of carbonyl (C=O) groups excluding carboxylic acids is 3. The lowest BCUT2D eigenvalue weighted by Gasteiger charge is -2.16. The number of hydrogen-bond donors (Lipinski definition) is 1. The van der Waals surface area contributed by atoms with E-state index < -0.39 is 17.8 Å². The third-order valence-electron chi connectivity index (χ3n) is 4.16. The number of nitrogens with zero attached hydrogens (tertiary/aromatic N) is 2. The van der Waals surface area contributed by atoms with E-state index in [9.17, 15) is 19.2 Å². The molecular weight excluding hydrogens is 288 g/mol. The Morgan fingerprint density at radius 1 is 1.18 bits per heavy atom. The van der Waals surface area contributed by atoms with Gasteiger partial charge in [0.25, 0.3) is 17.7 Å². The number of hydrogen-bond acceptors (Lipinski definition) is 4. The van der Waals surface area contributed by atoms with Crippen molar-refractivity contribution in [2.75, 3.05) is 20.1 Å². The van der Waals surface area contributed by atoms with Crippen LogP contribution >= 0.6 is 0 Å². The zero-order valence-corrected chi connectivity index (χ0v) is 11.9. The van der Waals surface area contributed by atoms with Gasteiger partial charge in [-0.05, 0) is 24.6 Å². The molecule has 0 spiro atoms. The van der Waals surface area contributed by atoms with Crippen molar-refractivity contribution in [3.63, 3.8) is 0 Å². The summed E-state index contributed by atoms with van der Waals surface area (Å²) >= 11 is 0. The fraction of sp³-hybridized carbons (Fsp3) is 0.333. The van der Waals surface area contributed by atoms with Crippen LogP contribution in [-0.2, 0) is 4.79 Å². The quantitative estimate of drug-likeness (QED) is 0.801. The van der Waals surface area contributed by atoms with Crippen LogP contribution in [0.1, 0.15) is 37.5 Å². The van der Waals surface area contributed by atoms with Gasteiger partial charge in [-0.25, -0.2) is 0 Å². The predicted octanol–water partition coefficient (Wildman–Crippen LogP) is 0.459. The molecule has 1 unspecified atom stereocenters. The number of likely N-dealkylation sites (tertiary alicyclic amines) is 1. The third kappa shape index (κ3) is 2.05. The molecule has 1 aromatic carbocycles. The Labute approximate surface area is 126 Å². The van der Waals surface area contributed by atoms with Crippen molar-refractivity contribution in [3.05, 3.63) is 34.9 Å². The summed E-state index contributed by atoms with van der Waals surface area (Å²) in [6.45, 7) is 0.539. The molecule has 2 heterocycles. The Kier molecular flexibility index (Phi) is 3.20. The first-order valence-corrected chi connectivity index (χ1v) is 6.88. The molecule has 2 aliphatic rings. The number of imide groups is 1. The van der Waals surface area contributed by atoms with Crippen LogP contribution < -0.4 is 0 Å². The second-order valence-corrected chi connectivity index (χ2v) is 5.50. The highest BCUT2D eigenvalue weighted by Crippen LogP contribution is 2.25. The Morgan fingerprint density at radius 2 is 1.86 bits per heavy atom. The zero-order chi connectivity index (χ0) is 16.0. The van der Waals surface area contributed by atoms with Crippen molar-refractivity contribution in [3.8, 4) is 0 Å². The Bertz CT molecular complexity index is 712. The first-order chi connectivity index (χ1) is 10.4. The molecule has 3 rings (SSSR count). The first kappa shape index (κ1) is 14.2. The summed E-state index contributed by atoms with van der Waals surface area (Å²) < 4.78 is 0. The van der Waals surface area contributed by atoms with Crippen molar-refractivity contribution in [1.82, 2.24) is 9.80 Å². The number of fused-ring (bicyclic) bond motifs is 1. The number of carbonyl (C=O) groups is 4. The van der Waals surface area contributed by atoms with Gasteiger partial charge in [-0.15, -0.1) is 0 Å². The lowest BCUT2D eigenvalue weighted by molar-refractivity contribution is -0.141. The summed E-state index contributed by atoms with van der Waals surface area (Å²) in [5, 5.41) is 8.98.